The molecule has 0 aliphatic heterocycles. The molecule has 4 nitrogen and oxygen atoms in total. The lowest BCUT2D eigenvalue weighted by Crippen LogP contribution is -2.52. The minimum Gasteiger partial charge on any atom is -0.480 e. The van der Waals surface area contributed by atoms with Crippen LogP contribution in [0.2, 0.25) is 0 Å². The second kappa shape index (κ2) is 16.7. The first-order valence-corrected chi connectivity index (χ1v) is 11.7. The van der Waals surface area contributed by atoms with Crippen molar-refractivity contribution in [3.05, 3.63) is 48.6 Å². The first-order valence-electron chi connectivity index (χ1n) is 11.7. The fourth-order valence-electron chi connectivity index (χ4n) is 3.64. The van der Waals surface area contributed by atoms with Crippen molar-refractivity contribution in [2.24, 2.45) is 0 Å². The zero-order valence-electron chi connectivity index (χ0n) is 18.8. The molecule has 0 unspecified atom stereocenters. The molecular formula is C26H41NO3. The van der Waals surface area contributed by atoms with Gasteiger partial charge in [0.25, 0.3) is 0 Å². The number of aliphatic carboxylic acids is 1. The van der Waals surface area contributed by atoms with Crippen LogP contribution in [-0.2, 0) is 9.59 Å². The maximum Gasteiger partial charge on any atom is 0.329 e. The highest BCUT2D eigenvalue weighted by molar-refractivity contribution is 5.87. The molecule has 1 fully saturated rings. The molecule has 30 heavy (non-hydrogen) atoms. The van der Waals surface area contributed by atoms with E-state index in [0.29, 0.717) is 19.3 Å². The number of rotatable bonds is 16. The maximum absolute atomic E-state index is 12.0. The average molecular weight is 416 g/mol. The summed E-state index contributed by atoms with van der Waals surface area (Å²) in [5.41, 5.74) is -1.02. The van der Waals surface area contributed by atoms with E-state index < -0.39 is 11.5 Å². The van der Waals surface area contributed by atoms with E-state index in [1.54, 1.807) is 0 Å². The van der Waals surface area contributed by atoms with Crippen molar-refractivity contribution < 1.29 is 14.7 Å². The van der Waals surface area contributed by atoms with Gasteiger partial charge in [-0.15, -0.1) is 0 Å². The molecule has 0 spiro atoms. The maximum atomic E-state index is 12.0. The predicted molar refractivity (Wildman–Crippen MR) is 125 cm³/mol. The van der Waals surface area contributed by atoms with Crippen molar-refractivity contribution in [1.82, 2.24) is 5.32 Å². The summed E-state index contributed by atoms with van der Waals surface area (Å²) in [7, 11) is 0. The van der Waals surface area contributed by atoms with Crippen LogP contribution in [0.4, 0.5) is 0 Å². The highest BCUT2D eigenvalue weighted by Crippen LogP contribution is 2.30. The van der Waals surface area contributed by atoms with Crippen molar-refractivity contribution in [3.8, 4) is 0 Å². The van der Waals surface area contributed by atoms with Crippen LogP contribution in [-0.4, -0.2) is 22.5 Å². The van der Waals surface area contributed by atoms with E-state index in [1.807, 2.05) is 0 Å². The molecule has 168 valence electrons. The molecule has 1 rings (SSSR count). The van der Waals surface area contributed by atoms with E-state index in [1.165, 1.54) is 25.7 Å². The topological polar surface area (TPSA) is 66.4 Å². The summed E-state index contributed by atoms with van der Waals surface area (Å²) >= 11 is 0. The third-order valence-electron chi connectivity index (χ3n) is 5.48. The first kappa shape index (κ1) is 25.9. The van der Waals surface area contributed by atoms with Gasteiger partial charge in [0, 0.05) is 6.42 Å². The number of hydrogen-bond donors (Lipinski definition) is 2. The molecule has 0 aromatic heterocycles. The smallest absolute Gasteiger partial charge is 0.329 e. The standard InChI is InChI=1S/C26H41NO3/c1-2-3-4-5-6-7-8-9-10-11-12-13-14-15-16-17-18-21-24(28)27-26(25(29)30)22-19-20-23-26/h6-7,9-10,12-13,15-16H,2-5,8,11,14,17-23H2,1H3,(H,27,28)(H,29,30)/b7-6-,10-9-,13-12-,16-15-. The number of allylic oxidation sites excluding steroid dienone is 8. The van der Waals surface area contributed by atoms with Gasteiger partial charge < -0.3 is 10.4 Å². The average Bonchev–Trinajstić information content (AvgIpc) is 3.20. The highest BCUT2D eigenvalue weighted by Gasteiger charge is 2.42. The molecule has 1 aliphatic rings. The Morgan fingerprint density at radius 2 is 1.30 bits per heavy atom. The molecule has 0 aromatic rings. The van der Waals surface area contributed by atoms with Gasteiger partial charge in [0.1, 0.15) is 5.54 Å². The van der Waals surface area contributed by atoms with Gasteiger partial charge in [-0.05, 0) is 57.8 Å². The summed E-state index contributed by atoms with van der Waals surface area (Å²) in [5.74, 6) is -1.04. The molecule has 0 bridgehead atoms. The van der Waals surface area contributed by atoms with Crippen LogP contribution in [0.3, 0.4) is 0 Å². The minimum atomic E-state index is -1.02. The lowest BCUT2D eigenvalue weighted by atomic mass is 9.97. The molecule has 0 heterocycles. The van der Waals surface area contributed by atoms with E-state index in [-0.39, 0.29) is 5.91 Å². The van der Waals surface area contributed by atoms with Crippen molar-refractivity contribution >= 4 is 11.9 Å². The molecule has 1 aliphatic carbocycles. The molecular weight excluding hydrogens is 374 g/mol. The Kier molecular flexibility index (Phi) is 14.4. The molecule has 1 saturated carbocycles. The van der Waals surface area contributed by atoms with E-state index in [9.17, 15) is 14.7 Å². The Morgan fingerprint density at radius 3 is 1.80 bits per heavy atom. The molecule has 2 N–H and O–H groups in total. The fraction of sp³-hybridized carbons (Fsp3) is 0.615. The zero-order valence-corrected chi connectivity index (χ0v) is 18.8. The van der Waals surface area contributed by atoms with E-state index in [2.05, 4.69) is 60.8 Å². The largest absolute Gasteiger partial charge is 0.480 e. The Bertz CT molecular complexity index is 595. The van der Waals surface area contributed by atoms with E-state index in [4.69, 9.17) is 0 Å². The number of hydrogen-bond acceptors (Lipinski definition) is 2. The van der Waals surface area contributed by atoms with Crippen molar-refractivity contribution in [3.63, 3.8) is 0 Å². The monoisotopic (exact) mass is 415 g/mol. The van der Waals surface area contributed by atoms with Crippen LogP contribution in [0.15, 0.2) is 48.6 Å². The van der Waals surface area contributed by atoms with Gasteiger partial charge in [0.15, 0.2) is 0 Å². The summed E-state index contributed by atoms with van der Waals surface area (Å²) in [5, 5.41) is 12.2. The number of unbranched alkanes of at least 4 members (excludes halogenated alkanes) is 4. The molecule has 1 amide bonds. The fourth-order valence-corrected chi connectivity index (χ4v) is 3.64. The van der Waals surface area contributed by atoms with Crippen LogP contribution in [0, 0.1) is 0 Å². The molecule has 4 heteroatoms. The van der Waals surface area contributed by atoms with Gasteiger partial charge in [0.05, 0.1) is 0 Å². The lowest BCUT2D eigenvalue weighted by Gasteiger charge is -2.25. The zero-order chi connectivity index (χ0) is 21.9. The summed E-state index contributed by atoms with van der Waals surface area (Å²) in [6.45, 7) is 2.23. The third-order valence-corrected chi connectivity index (χ3v) is 5.48. The summed E-state index contributed by atoms with van der Waals surface area (Å²) < 4.78 is 0. The number of carboxylic acid groups (broad SMARTS) is 1. The first-order chi connectivity index (χ1) is 14.6. The van der Waals surface area contributed by atoms with Gasteiger partial charge in [-0.1, -0.05) is 81.2 Å². The Labute approximate surface area is 183 Å². The second-order valence-electron chi connectivity index (χ2n) is 8.12. The Hall–Kier alpha value is -2.10. The van der Waals surface area contributed by atoms with Gasteiger partial charge >= 0.3 is 5.97 Å². The second-order valence-corrected chi connectivity index (χ2v) is 8.12. The SMILES string of the molecule is CCCCC/C=C\C/C=C\C/C=C\C/C=C\CCCC(=O)NC1(C(=O)O)CCCC1. The number of carbonyl (C=O) groups excluding carboxylic acids is 1. The van der Waals surface area contributed by atoms with Gasteiger partial charge in [-0.3, -0.25) is 4.79 Å². The van der Waals surface area contributed by atoms with E-state index >= 15 is 0 Å². The van der Waals surface area contributed by atoms with Crippen molar-refractivity contribution in [2.45, 2.75) is 102 Å². The van der Waals surface area contributed by atoms with Crippen LogP contribution >= 0.6 is 0 Å². The summed E-state index contributed by atoms with van der Waals surface area (Å²) in [6.07, 6.45) is 30.3. The molecule has 0 atom stereocenters. The number of carboxylic acids is 1. The van der Waals surface area contributed by atoms with Crippen molar-refractivity contribution in [2.75, 3.05) is 0 Å². The van der Waals surface area contributed by atoms with Crippen LogP contribution in [0.1, 0.15) is 96.8 Å². The van der Waals surface area contributed by atoms with Crippen molar-refractivity contribution in [1.29, 1.82) is 0 Å². The molecule has 0 saturated heterocycles. The van der Waals surface area contributed by atoms with Gasteiger partial charge in [0.2, 0.25) is 5.91 Å². The quantitative estimate of drug-likeness (QED) is 0.219. The third kappa shape index (κ3) is 11.8. The summed E-state index contributed by atoms with van der Waals surface area (Å²) in [4.78, 5) is 23.5. The molecule has 0 radical (unpaired) electrons. The van der Waals surface area contributed by atoms with Gasteiger partial charge in [-0.2, -0.15) is 0 Å². The van der Waals surface area contributed by atoms with E-state index in [0.717, 1.165) is 44.9 Å². The Morgan fingerprint density at radius 1 is 0.800 bits per heavy atom. The van der Waals surface area contributed by atoms with Crippen LogP contribution in [0.25, 0.3) is 0 Å². The number of amides is 1. The normalized spacial score (nSPS) is 16.4. The number of carbonyl (C=O) groups is 2. The Balaban J connectivity index is 2.03. The van der Waals surface area contributed by atoms with Crippen LogP contribution in [0.5, 0.6) is 0 Å². The number of nitrogens with one attached hydrogen (secondary N) is 1. The minimum absolute atomic E-state index is 0.143. The lowest BCUT2D eigenvalue weighted by molar-refractivity contribution is -0.147. The highest BCUT2D eigenvalue weighted by atomic mass is 16.4. The van der Waals surface area contributed by atoms with Gasteiger partial charge in [-0.25, -0.2) is 4.79 Å². The summed E-state index contributed by atoms with van der Waals surface area (Å²) in [6, 6.07) is 0. The predicted octanol–water partition coefficient (Wildman–Crippen LogP) is 6.65. The molecule has 0 aromatic carbocycles. The van der Waals surface area contributed by atoms with Crippen LogP contribution < -0.4 is 5.32 Å².